The number of aliphatic imine (C=N–C) groups is 1. The van der Waals surface area contributed by atoms with Crippen molar-refractivity contribution in [3.8, 4) is 0 Å². The van der Waals surface area contributed by atoms with E-state index in [4.69, 9.17) is 23.2 Å². The molecule has 0 aliphatic carbocycles. The molecular weight excluding hydrogens is 411 g/mol. The van der Waals surface area contributed by atoms with E-state index < -0.39 is 0 Å². The smallest absolute Gasteiger partial charge is 0.238 e. The molecule has 2 rings (SSSR count). The molecule has 1 amide bonds. The zero-order valence-electron chi connectivity index (χ0n) is 17.2. The van der Waals surface area contributed by atoms with Gasteiger partial charge in [-0.3, -0.25) is 4.79 Å². The number of nitrogens with one attached hydrogen (secondary N) is 3. The number of halogens is 2. The molecule has 0 spiro atoms. The quantitative estimate of drug-likeness (QED) is 0.437. The summed E-state index contributed by atoms with van der Waals surface area (Å²) in [5, 5.41) is 10.4. The summed E-state index contributed by atoms with van der Waals surface area (Å²) in [6.07, 6.45) is 0. The lowest BCUT2D eigenvalue weighted by atomic mass is 10.2. The molecule has 0 aliphatic rings. The van der Waals surface area contributed by atoms with Crippen molar-refractivity contribution in [3.63, 3.8) is 0 Å². The maximum absolute atomic E-state index is 11.9. The first-order chi connectivity index (χ1) is 13.8. The summed E-state index contributed by atoms with van der Waals surface area (Å²) in [5.74, 6) is 0.633. The van der Waals surface area contributed by atoms with Crippen LogP contribution in [-0.2, 0) is 24.9 Å². The number of carbonyl (C=O) groups excluding carboxylic acids is 1. The van der Waals surface area contributed by atoms with Crippen molar-refractivity contribution in [1.29, 1.82) is 0 Å². The maximum Gasteiger partial charge on any atom is 0.238 e. The van der Waals surface area contributed by atoms with Crippen molar-refractivity contribution >= 4 is 40.8 Å². The zero-order chi connectivity index (χ0) is 21.4. The highest BCUT2D eigenvalue weighted by Gasteiger charge is 2.09. The Kier molecular flexibility index (Phi) is 8.82. The van der Waals surface area contributed by atoms with Gasteiger partial charge in [-0.15, -0.1) is 0 Å². The molecule has 1 heterocycles. The summed E-state index contributed by atoms with van der Waals surface area (Å²) in [5.41, 5.74) is 2.71. The maximum atomic E-state index is 11.9. The SMILES string of the molecule is CCNC(=NCc1cccc(NC(=O)CN(C)C)c1)NCc1cc(Cl)c(Cl)n1C. The number of anilines is 1. The van der Waals surface area contributed by atoms with E-state index in [0.717, 1.165) is 23.5 Å². The van der Waals surface area contributed by atoms with Crippen LogP contribution < -0.4 is 16.0 Å². The van der Waals surface area contributed by atoms with Gasteiger partial charge in [0.05, 0.1) is 24.7 Å². The molecule has 9 heteroatoms. The van der Waals surface area contributed by atoms with E-state index in [0.29, 0.717) is 35.8 Å². The number of hydrogen-bond acceptors (Lipinski definition) is 3. The lowest BCUT2D eigenvalue weighted by molar-refractivity contribution is -0.116. The molecule has 1 aromatic carbocycles. The Labute approximate surface area is 182 Å². The van der Waals surface area contributed by atoms with Crippen molar-refractivity contribution in [1.82, 2.24) is 20.1 Å². The molecule has 0 saturated carbocycles. The van der Waals surface area contributed by atoms with Gasteiger partial charge in [0.25, 0.3) is 0 Å². The summed E-state index contributed by atoms with van der Waals surface area (Å²) in [6, 6.07) is 9.51. The fourth-order valence-corrected chi connectivity index (χ4v) is 3.10. The average molecular weight is 439 g/mol. The van der Waals surface area contributed by atoms with Gasteiger partial charge in [-0.1, -0.05) is 35.3 Å². The number of aromatic nitrogens is 1. The highest BCUT2D eigenvalue weighted by Crippen LogP contribution is 2.24. The molecule has 0 radical (unpaired) electrons. The summed E-state index contributed by atoms with van der Waals surface area (Å²) < 4.78 is 1.83. The first-order valence-corrected chi connectivity index (χ1v) is 10.1. The summed E-state index contributed by atoms with van der Waals surface area (Å²) in [7, 11) is 5.58. The second-order valence-electron chi connectivity index (χ2n) is 6.87. The highest BCUT2D eigenvalue weighted by molar-refractivity contribution is 6.41. The third-order valence-corrected chi connectivity index (χ3v) is 4.93. The molecule has 1 aromatic heterocycles. The third kappa shape index (κ3) is 7.27. The molecule has 0 saturated heterocycles. The number of carbonyl (C=O) groups is 1. The van der Waals surface area contributed by atoms with E-state index in [-0.39, 0.29) is 5.91 Å². The van der Waals surface area contributed by atoms with Gasteiger partial charge in [-0.2, -0.15) is 0 Å². The molecule has 0 bridgehead atoms. The molecule has 0 atom stereocenters. The molecule has 7 nitrogen and oxygen atoms in total. The molecule has 3 N–H and O–H groups in total. The van der Waals surface area contributed by atoms with E-state index in [1.165, 1.54) is 0 Å². The van der Waals surface area contributed by atoms with Crippen molar-refractivity contribution < 1.29 is 4.79 Å². The van der Waals surface area contributed by atoms with Gasteiger partial charge in [0.1, 0.15) is 5.15 Å². The van der Waals surface area contributed by atoms with Crippen LogP contribution in [0.15, 0.2) is 35.3 Å². The Morgan fingerprint density at radius 1 is 1.21 bits per heavy atom. The molecule has 0 unspecified atom stereocenters. The largest absolute Gasteiger partial charge is 0.357 e. The average Bonchev–Trinajstić information content (AvgIpc) is 2.90. The summed E-state index contributed by atoms with van der Waals surface area (Å²) in [6.45, 7) is 4.09. The van der Waals surface area contributed by atoms with Gasteiger partial charge in [-0.05, 0) is 44.8 Å². The van der Waals surface area contributed by atoms with E-state index in [2.05, 4.69) is 20.9 Å². The van der Waals surface area contributed by atoms with E-state index in [1.54, 1.807) is 0 Å². The second kappa shape index (κ2) is 11.1. The topological polar surface area (TPSA) is 73.7 Å². The number of rotatable bonds is 8. The fourth-order valence-electron chi connectivity index (χ4n) is 2.68. The minimum atomic E-state index is -0.0504. The minimum absolute atomic E-state index is 0.0504. The van der Waals surface area contributed by atoms with Gasteiger partial charge in [0, 0.05) is 25.0 Å². The van der Waals surface area contributed by atoms with Gasteiger partial charge in [-0.25, -0.2) is 4.99 Å². The van der Waals surface area contributed by atoms with Crippen LogP contribution in [0.5, 0.6) is 0 Å². The van der Waals surface area contributed by atoms with E-state index in [9.17, 15) is 4.79 Å². The van der Waals surface area contributed by atoms with E-state index in [1.807, 2.05) is 67.9 Å². The van der Waals surface area contributed by atoms with Crippen LogP contribution in [0.1, 0.15) is 18.2 Å². The summed E-state index contributed by atoms with van der Waals surface area (Å²) in [4.78, 5) is 18.4. The van der Waals surface area contributed by atoms with Crippen molar-refractivity contribution in [2.75, 3.05) is 32.5 Å². The van der Waals surface area contributed by atoms with Gasteiger partial charge in [0.15, 0.2) is 5.96 Å². The van der Waals surface area contributed by atoms with Crippen LogP contribution in [-0.4, -0.2) is 48.5 Å². The number of benzene rings is 1. The minimum Gasteiger partial charge on any atom is -0.357 e. The Morgan fingerprint density at radius 3 is 2.59 bits per heavy atom. The molecule has 158 valence electrons. The zero-order valence-corrected chi connectivity index (χ0v) is 18.7. The number of likely N-dealkylation sites (N-methyl/N-ethyl adjacent to an activating group) is 1. The van der Waals surface area contributed by atoms with Crippen molar-refractivity contribution in [3.05, 3.63) is 51.8 Å². The predicted molar refractivity (Wildman–Crippen MR) is 121 cm³/mol. The second-order valence-corrected chi connectivity index (χ2v) is 7.63. The van der Waals surface area contributed by atoms with Gasteiger partial charge >= 0.3 is 0 Å². The molecule has 2 aromatic rings. The Bertz CT molecular complexity index is 863. The number of nitrogens with zero attached hydrogens (tertiary/aromatic N) is 3. The van der Waals surface area contributed by atoms with E-state index >= 15 is 0 Å². The number of hydrogen-bond donors (Lipinski definition) is 3. The van der Waals surface area contributed by atoms with Crippen molar-refractivity contribution in [2.45, 2.75) is 20.0 Å². The molecule has 29 heavy (non-hydrogen) atoms. The monoisotopic (exact) mass is 438 g/mol. The Morgan fingerprint density at radius 2 is 1.97 bits per heavy atom. The van der Waals surface area contributed by atoms with Crippen LogP contribution in [0.2, 0.25) is 10.2 Å². The van der Waals surface area contributed by atoms with Crippen molar-refractivity contribution in [2.24, 2.45) is 12.0 Å². The molecule has 0 fully saturated rings. The number of amides is 1. The predicted octanol–water partition coefficient (Wildman–Crippen LogP) is 3.09. The Hall–Kier alpha value is -2.22. The number of guanidine groups is 1. The van der Waals surface area contributed by atoms with Gasteiger partial charge in [0.2, 0.25) is 5.91 Å². The van der Waals surface area contributed by atoms with Gasteiger partial charge < -0.3 is 25.4 Å². The Balaban J connectivity index is 2.01. The van der Waals surface area contributed by atoms with Crippen LogP contribution in [0, 0.1) is 0 Å². The van der Waals surface area contributed by atoms with Crippen LogP contribution >= 0.6 is 23.2 Å². The highest BCUT2D eigenvalue weighted by atomic mass is 35.5. The molecule has 0 aliphatic heterocycles. The first kappa shape index (κ1) is 23.1. The first-order valence-electron chi connectivity index (χ1n) is 9.35. The lowest BCUT2D eigenvalue weighted by Crippen LogP contribution is -2.37. The fraction of sp³-hybridized carbons (Fsp3) is 0.400. The molecular formula is C20H28Cl2N6O. The standard InChI is InChI=1S/C20H28Cl2N6O/c1-5-23-20(25-12-16-10-17(21)19(22)28(16)4)24-11-14-7-6-8-15(9-14)26-18(29)13-27(2)3/h6-10H,5,11-13H2,1-4H3,(H,26,29)(H2,23,24,25). The normalized spacial score (nSPS) is 11.6. The summed E-state index contributed by atoms with van der Waals surface area (Å²) >= 11 is 12.2. The third-order valence-electron chi connectivity index (χ3n) is 4.09. The van der Waals surface area contributed by atoms with Crippen LogP contribution in [0.25, 0.3) is 0 Å². The van der Waals surface area contributed by atoms with Crippen LogP contribution in [0.3, 0.4) is 0 Å². The van der Waals surface area contributed by atoms with Crippen LogP contribution in [0.4, 0.5) is 5.69 Å². The lowest BCUT2D eigenvalue weighted by Gasteiger charge is -2.13.